The van der Waals surface area contributed by atoms with Crippen LogP contribution in [0, 0.1) is 5.92 Å². The molecule has 1 fully saturated rings. The Balaban J connectivity index is 1.99. The van der Waals surface area contributed by atoms with E-state index in [9.17, 15) is 9.59 Å². The van der Waals surface area contributed by atoms with Crippen molar-refractivity contribution in [3.8, 4) is 0 Å². The van der Waals surface area contributed by atoms with Crippen LogP contribution < -0.4 is 10.9 Å². The lowest BCUT2D eigenvalue weighted by Crippen LogP contribution is -2.41. The standard InChI is InChI=1S/C25H37N3O3/c1-5-31-25(30)23-24(29)28(22-14-10-9-13-21(22)27-23)20-12-8-6-7-11-19(16-20)26-18(4)15-17(2)3/h9-10,13-14,17-20,26H,5-8,11-12,15-16H2,1-4H3/t18?,19-,20-/m0/s1. The van der Waals surface area contributed by atoms with Gasteiger partial charge in [0, 0.05) is 18.1 Å². The second kappa shape index (κ2) is 10.9. The van der Waals surface area contributed by atoms with Crippen molar-refractivity contribution >= 4 is 17.0 Å². The van der Waals surface area contributed by atoms with Crippen molar-refractivity contribution in [1.29, 1.82) is 0 Å². The van der Waals surface area contributed by atoms with Crippen molar-refractivity contribution in [2.45, 2.75) is 90.8 Å². The van der Waals surface area contributed by atoms with Crippen LogP contribution in [0.15, 0.2) is 29.1 Å². The summed E-state index contributed by atoms with van der Waals surface area (Å²) < 4.78 is 6.95. The van der Waals surface area contributed by atoms with Crippen LogP contribution in [0.3, 0.4) is 0 Å². The fourth-order valence-electron chi connectivity index (χ4n) is 4.92. The Morgan fingerprint density at radius 3 is 2.68 bits per heavy atom. The molecule has 1 aliphatic carbocycles. The third-order valence-electron chi connectivity index (χ3n) is 6.12. The Labute approximate surface area is 185 Å². The van der Waals surface area contributed by atoms with Crippen molar-refractivity contribution in [3.63, 3.8) is 0 Å². The number of esters is 1. The van der Waals surface area contributed by atoms with E-state index in [1.807, 2.05) is 28.8 Å². The average molecular weight is 428 g/mol. The smallest absolute Gasteiger partial charge is 0.362 e. The molecule has 2 aromatic rings. The quantitative estimate of drug-likeness (QED) is 0.639. The molecule has 1 unspecified atom stereocenters. The molecule has 0 amide bonds. The van der Waals surface area contributed by atoms with Gasteiger partial charge in [0.2, 0.25) is 5.69 Å². The van der Waals surface area contributed by atoms with Gasteiger partial charge in [0.15, 0.2) is 0 Å². The fourth-order valence-corrected chi connectivity index (χ4v) is 4.92. The monoisotopic (exact) mass is 427 g/mol. The molecule has 0 aliphatic heterocycles. The number of carbonyl (C=O) groups is 1. The molecule has 3 rings (SSSR count). The number of benzene rings is 1. The average Bonchev–Trinajstić information content (AvgIpc) is 2.69. The van der Waals surface area contributed by atoms with Crippen molar-refractivity contribution in [2.75, 3.05) is 6.61 Å². The van der Waals surface area contributed by atoms with Crippen molar-refractivity contribution < 1.29 is 9.53 Å². The fraction of sp³-hybridized carbons (Fsp3) is 0.640. The first-order valence-electron chi connectivity index (χ1n) is 11.8. The Hall–Kier alpha value is -2.21. The predicted molar refractivity (Wildman–Crippen MR) is 125 cm³/mol. The van der Waals surface area contributed by atoms with Crippen LogP contribution in [0.25, 0.3) is 11.0 Å². The second-order valence-corrected chi connectivity index (χ2v) is 9.27. The van der Waals surface area contributed by atoms with Crippen LogP contribution >= 0.6 is 0 Å². The molecule has 170 valence electrons. The SMILES string of the molecule is CCOC(=O)c1nc2ccccc2n([C@H]2CCCCC[C@H](NC(C)CC(C)C)C2)c1=O. The Kier molecular flexibility index (Phi) is 8.24. The summed E-state index contributed by atoms with van der Waals surface area (Å²) in [6.45, 7) is 8.70. The number of fused-ring (bicyclic) bond motifs is 1. The zero-order valence-corrected chi connectivity index (χ0v) is 19.4. The van der Waals surface area contributed by atoms with Gasteiger partial charge < -0.3 is 14.6 Å². The van der Waals surface area contributed by atoms with Crippen LogP contribution in [0.4, 0.5) is 0 Å². The third-order valence-corrected chi connectivity index (χ3v) is 6.12. The van der Waals surface area contributed by atoms with Gasteiger partial charge in [-0.15, -0.1) is 0 Å². The molecule has 6 nitrogen and oxygen atoms in total. The molecule has 6 heteroatoms. The molecule has 1 aromatic heterocycles. The maximum absolute atomic E-state index is 13.5. The van der Waals surface area contributed by atoms with Crippen LogP contribution in [-0.2, 0) is 4.74 Å². The van der Waals surface area contributed by atoms with Gasteiger partial charge in [-0.2, -0.15) is 0 Å². The number of hydrogen-bond acceptors (Lipinski definition) is 5. The minimum absolute atomic E-state index is 0.0256. The van der Waals surface area contributed by atoms with Gasteiger partial charge >= 0.3 is 5.97 Å². The normalized spacial score (nSPS) is 20.9. The van der Waals surface area contributed by atoms with Crippen molar-refractivity contribution in [1.82, 2.24) is 14.9 Å². The highest BCUT2D eigenvalue weighted by molar-refractivity contribution is 5.89. The first-order chi connectivity index (χ1) is 14.9. The zero-order valence-electron chi connectivity index (χ0n) is 19.4. The summed E-state index contributed by atoms with van der Waals surface area (Å²) in [5.41, 5.74) is 1.00. The first-order valence-corrected chi connectivity index (χ1v) is 11.8. The third kappa shape index (κ3) is 5.94. The summed E-state index contributed by atoms with van der Waals surface area (Å²) in [4.78, 5) is 30.3. The van der Waals surface area contributed by atoms with E-state index in [-0.39, 0.29) is 23.9 Å². The summed E-state index contributed by atoms with van der Waals surface area (Å²) in [7, 11) is 0. The summed E-state index contributed by atoms with van der Waals surface area (Å²) in [6, 6.07) is 8.41. The predicted octanol–water partition coefficient (Wildman–Crippen LogP) is 4.86. The van der Waals surface area contributed by atoms with E-state index in [0.717, 1.165) is 44.0 Å². The van der Waals surface area contributed by atoms with Gasteiger partial charge in [0.25, 0.3) is 5.56 Å². The molecule has 1 N–H and O–H groups in total. The Morgan fingerprint density at radius 2 is 1.94 bits per heavy atom. The molecule has 1 heterocycles. The zero-order chi connectivity index (χ0) is 22.4. The first kappa shape index (κ1) is 23.5. The lowest BCUT2D eigenvalue weighted by molar-refractivity contribution is 0.0516. The minimum atomic E-state index is -0.641. The van der Waals surface area contributed by atoms with E-state index in [1.165, 1.54) is 6.42 Å². The Morgan fingerprint density at radius 1 is 1.19 bits per heavy atom. The highest BCUT2D eigenvalue weighted by Crippen LogP contribution is 2.29. The number of hydrogen-bond donors (Lipinski definition) is 1. The van der Waals surface area contributed by atoms with Gasteiger partial charge in [-0.05, 0) is 57.6 Å². The summed E-state index contributed by atoms with van der Waals surface area (Å²) in [5.74, 6) is 0.00354. The number of rotatable bonds is 7. The summed E-state index contributed by atoms with van der Waals surface area (Å²) in [6.07, 6.45) is 7.49. The van der Waals surface area contributed by atoms with E-state index < -0.39 is 5.97 Å². The Bertz CT molecular complexity index is 937. The van der Waals surface area contributed by atoms with E-state index in [1.54, 1.807) is 6.92 Å². The van der Waals surface area contributed by atoms with Crippen LogP contribution in [0.5, 0.6) is 0 Å². The number of nitrogens with one attached hydrogen (secondary N) is 1. The second-order valence-electron chi connectivity index (χ2n) is 9.27. The molecule has 0 spiro atoms. The number of ether oxygens (including phenoxy) is 1. The summed E-state index contributed by atoms with van der Waals surface area (Å²) >= 11 is 0. The van der Waals surface area contributed by atoms with Crippen LogP contribution in [0.2, 0.25) is 0 Å². The number of nitrogens with zero attached hydrogens (tertiary/aromatic N) is 2. The van der Waals surface area contributed by atoms with Gasteiger partial charge in [-0.1, -0.05) is 45.2 Å². The van der Waals surface area contributed by atoms with Gasteiger partial charge in [0.1, 0.15) is 0 Å². The lowest BCUT2D eigenvalue weighted by Gasteiger charge is -2.31. The molecular formula is C25H37N3O3. The molecule has 0 saturated heterocycles. The molecule has 31 heavy (non-hydrogen) atoms. The van der Waals surface area contributed by atoms with E-state index in [4.69, 9.17) is 4.74 Å². The van der Waals surface area contributed by atoms with Gasteiger partial charge in [0.05, 0.1) is 17.6 Å². The maximum atomic E-state index is 13.5. The highest BCUT2D eigenvalue weighted by Gasteiger charge is 2.27. The molecule has 3 atom stereocenters. The van der Waals surface area contributed by atoms with Crippen LogP contribution in [0.1, 0.15) is 89.2 Å². The molecule has 1 saturated carbocycles. The number of aromatic nitrogens is 2. The van der Waals surface area contributed by atoms with E-state index in [2.05, 4.69) is 31.1 Å². The molecular weight excluding hydrogens is 390 g/mol. The van der Waals surface area contributed by atoms with E-state index in [0.29, 0.717) is 23.5 Å². The lowest BCUT2D eigenvalue weighted by atomic mass is 9.91. The topological polar surface area (TPSA) is 73.2 Å². The molecule has 0 bridgehead atoms. The summed E-state index contributed by atoms with van der Waals surface area (Å²) in [5, 5.41) is 3.82. The molecule has 0 radical (unpaired) electrons. The minimum Gasteiger partial charge on any atom is -0.461 e. The number of para-hydroxylation sites is 2. The van der Waals surface area contributed by atoms with Crippen LogP contribution in [-0.4, -0.2) is 34.2 Å². The van der Waals surface area contributed by atoms with E-state index >= 15 is 0 Å². The maximum Gasteiger partial charge on any atom is 0.362 e. The molecule has 1 aromatic carbocycles. The van der Waals surface area contributed by atoms with Crippen molar-refractivity contribution in [2.24, 2.45) is 5.92 Å². The largest absolute Gasteiger partial charge is 0.461 e. The van der Waals surface area contributed by atoms with Gasteiger partial charge in [-0.3, -0.25) is 4.79 Å². The van der Waals surface area contributed by atoms with Crippen molar-refractivity contribution in [3.05, 3.63) is 40.3 Å². The number of carbonyl (C=O) groups excluding carboxylic acids is 1. The highest BCUT2D eigenvalue weighted by atomic mass is 16.5. The molecule has 1 aliphatic rings. The van der Waals surface area contributed by atoms with Gasteiger partial charge in [-0.25, -0.2) is 9.78 Å².